The van der Waals surface area contributed by atoms with Crippen LogP contribution in [0.3, 0.4) is 0 Å². The fourth-order valence-corrected chi connectivity index (χ4v) is 0.0913. The summed E-state index contributed by atoms with van der Waals surface area (Å²) in [5, 5.41) is 7.94. The summed E-state index contributed by atoms with van der Waals surface area (Å²) in [4.78, 5) is 0. The van der Waals surface area contributed by atoms with Gasteiger partial charge in [-0.05, 0) is 0 Å². The van der Waals surface area contributed by atoms with Gasteiger partial charge in [0.25, 0.3) is 0 Å². The number of aliphatic hydroxyl groups is 1. The predicted molar refractivity (Wildman–Crippen MR) is 19.0 cm³/mol. The van der Waals surface area contributed by atoms with E-state index in [1.54, 1.807) is 7.11 Å². The maximum atomic E-state index is 7.94. The van der Waals surface area contributed by atoms with E-state index in [9.17, 15) is 0 Å². The molecule has 0 aliphatic carbocycles. The van der Waals surface area contributed by atoms with Gasteiger partial charge in [0, 0.05) is 44.8 Å². The van der Waals surface area contributed by atoms with Gasteiger partial charge in [-0.2, -0.15) is 0 Å². The van der Waals surface area contributed by atoms with Crippen molar-refractivity contribution >= 4 is 0 Å². The molecule has 0 saturated carbocycles. The molecule has 0 aromatic heterocycles. The second-order valence-corrected chi connectivity index (χ2v) is 0.716. The van der Waals surface area contributed by atoms with Crippen molar-refractivity contribution in [2.45, 2.75) is 0 Å². The average molecular weight is 241 g/mol. The molecule has 0 fully saturated rings. The van der Waals surface area contributed by atoms with Crippen molar-refractivity contribution in [1.82, 2.24) is 0 Å². The fraction of sp³-hybridized carbons (Fsp3) is 1.00. The van der Waals surface area contributed by atoms with Crippen LogP contribution in [-0.4, -0.2) is 25.4 Å². The fourth-order valence-electron chi connectivity index (χ4n) is 0.0913. The minimum atomic E-state index is 0. The predicted octanol–water partition coefficient (Wildman–Crippen LogP) is -0.375. The minimum Gasteiger partial charge on any atom is -0.394 e. The molecule has 43 valence electrons. The van der Waals surface area contributed by atoms with Crippen LogP contribution in [-0.2, 0) is 4.74 Å². The van der Waals surface area contributed by atoms with Gasteiger partial charge in [0.1, 0.15) is 0 Å². The summed E-state index contributed by atoms with van der Waals surface area (Å²) in [6, 6.07) is 0. The Kier molecular flexibility index (Phi) is 16.2. The van der Waals surface area contributed by atoms with Crippen molar-refractivity contribution < 1.29 is 47.6 Å². The van der Waals surface area contributed by atoms with Crippen LogP contribution in [0.25, 0.3) is 0 Å². The summed E-state index contributed by atoms with van der Waals surface area (Å²) in [5.74, 6) is 0. The third kappa shape index (κ3) is 8.95. The van der Waals surface area contributed by atoms with Crippen molar-refractivity contribution in [2.24, 2.45) is 0 Å². The summed E-state index contributed by atoms with van der Waals surface area (Å²) in [6.45, 7) is 0.566. The Balaban J connectivity index is 0. The molecule has 0 rings (SSSR count). The molecule has 1 N–H and O–H groups in total. The number of rotatable bonds is 2. The van der Waals surface area contributed by atoms with Crippen LogP contribution in [0.15, 0.2) is 0 Å². The standard InChI is InChI=1S/C3H8O2.Ho/c1-5-3-2-4;/h4H,2-3H2,1H3;. The first-order valence-electron chi connectivity index (χ1n) is 1.51. The Hall–Kier alpha value is 1.18. The molecule has 2 nitrogen and oxygen atoms in total. The topological polar surface area (TPSA) is 29.5 Å². The van der Waals surface area contributed by atoms with Crippen molar-refractivity contribution in [3.8, 4) is 0 Å². The van der Waals surface area contributed by atoms with Gasteiger partial charge in [0.05, 0.1) is 13.2 Å². The van der Waals surface area contributed by atoms with Crippen molar-refractivity contribution in [1.29, 1.82) is 0 Å². The first-order chi connectivity index (χ1) is 2.41. The SMILES string of the molecule is COCCO.[Ho]. The molecule has 0 atom stereocenters. The molecule has 0 aliphatic heterocycles. The number of ether oxygens (including phenoxy) is 1. The maximum Gasteiger partial charge on any atom is 0.0693 e. The van der Waals surface area contributed by atoms with E-state index in [4.69, 9.17) is 5.11 Å². The number of hydrogen-bond donors (Lipinski definition) is 1. The van der Waals surface area contributed by atoms with Gasteiger partial charge in [0.2, 0.25) is 0 Å². The van der Waals surface area contributed by atoms with Crippen molar-refractivity contribution in [3.63, 3.8) is 0 Å². The van der Waals surface area contributed by atoms with Crippen LogP contribution in [0.5, 0.6) is 0 Å². The van der Waals surface area contributed by atoms with Crippen molar-refractivity contribution in [3.05, 3.63) is 0 Å². The summed E-state index contributed by atoms with van der Waals surface area (Å²) >= 11 is 0. The van der Waals surface area contributed by atoms with E-state index in [-0.39, 0.29) is 44.3 Å². The summed E-state index contributed by atoms with van der Waals surface area (Å²) in [5.41, 5.74) is 0. The molecule has 0 aromatic carbocycles. The monoisotopic (exact) mass is 241 g/mol. The van der Waals surface area contributed by atoms with Gasteiger partial charge in [-0.15, -0.1) is 0 Å². The molecule has 0 amide bonds. The van der Waals surface area contributed by atoms with E-state index in [1.165, 1.54) is 0 Å². The van der Waals surface area contributed by atoms with Crippen LogP contribution < -0.4 is 0 Å². The third-order valence-electron chi connectivity index (χ3n) is 0.295. The Bertz CT molecular complexity index is 16.3. The maximum absolute atomic E-state index is 7.94. The summed E-state index contributed by atoms with van der Waals surface area (Å²) < 4.78 is 4.44. The smallest absolute Gasteiger partial charge is 0.0693 e. The second kappa shape index (κ2) is 9.49. The molecule has 0 spiro atoms. The molecular formula is C3H8HoO2. The van der Waals surface area contributed by atoms with Gasteiger partial charge >= 0.3 is 0 Å². The summed E-state index contributed by atoms with van der Waals surface area (Å²) in [7, 11) is 1.55. The van der Waals surface area contributed by atoms with E-state index in [0.29, 0.717) is 6.61 Å². The van der Waals surface area contributed by atoms with E-state index < -0.39 is 0 Å². The van der Waals surface area contributed by atoms with Crippen LogP contribution in [0, 0.1) is 37.7 Å². The minimum absolute atomic E-state index is 0. The summed E-state index contributed by atoms with van der Waals surface area (Å²) in [6.07, 6.45) is 0. The Morgan fingerprint density at radius 3 is 2.17 bits per heavy atom. The van der Waals surface area contributed by atoms with E-state index in [2.05, 4.69) is 4.74 Å². The molecule has 0 unspecified atom stereocenters. The van der Waals surface area contributed by atoms with Crippen molar-refractivity contribution in [2.75, 3.05) is 20.3 Å². The quantitative estimate of drug-likeness (QED) is 0.668. The largest absolute Gasteiger partial charge is 0.394 e. The van der Waals surface area contributed by atoms with Gasteiger partial charge in [-0.1, -0.05) is 0 Å². The Labute approximate surface area is 67.5 Å². The average Bonchev–Trinajstić information content (AvgIpc) is 1.41. The van der Waals surface area contributed by atoms with Crippen LogP contribution in [0.2, 0.25) is 0 Å². The zero-order chi connectivity index (χ0) is 4.12. The zero-order valence-electron chi connectivity index (χ0n) is 3.57. The zero-order valence-corrected chi connectivity index (χ0v) is 5.51. The van der Waals surface area contributed by atoms with Crippen LogP contribution >= 0.6 is 0 Å². The number of hydrogen-bond acceptors (Lipinski definition) is 2. The second-order valence-electron chi connectivity index (χ2n) is 0.716. The Morgan fingerprint density at radius 2 is 2.17 bits per heavy atom. The molecule has 6 heavy (non-hydrogen) atoms. The normalized spacial score (nSPS) is 7.00. The molecule has 3 heteroatoms. The van der Waals surface area contributed by atoms with Crippen LogP contribution in [0.4, 0.5) is 0 Å². The molecule has 0 aromatic rings. The van der Waals surface area contributed by atoms with E-state index in [1.807, 2.05) is 0 Å². The molecule has 0 saturated heterocycles. The number of aliphatic hydroxyl groups excluding tert-OH is 1. The van der Waals surface area contributed by atoms with Gasteiger partial charge in [-0.3, -0.25) is 0 Å². The molecule has 0 heterocycles. The van der Waals surface area contributed by atoms with Gasteiger partial charge in [0.15, 0.2) is 0 Å². The van der Waals surface area contributed by atoms with Gasteiger partial charge < -0.3 is 9.84 Å². The first kappa shape index (κ1) is 10.2. The third-order valence-corrected chi connectivity index (χ3v) is 0.295. The van der Waals surface area contributed by atoms with Crippen LogP contribution in [0.1, 0.15) is 0 Å². The Morgan fingerprint density at radius 1 is 1.67 bits per heavy atom. The van der Waals surface area contributed by atoms with E-state index in [0.717, 1.165) is 0 Å². The molecular weight excluding hydrogens is 233 g/mol. The molecule has 0 bridgehead atoms. The molecule has 0 aliphatic rings. The van der Waals surface area contributed by atoms with Gasteiger partial charge in [-0.25, -0.2) is 0 Å². The van der Waals surface area contributed by atoms with E-state index >= 15 is 0 Å². The number of methoxy groups -OCH3 is 1. The first-order valence-corrected chi connectivity index (χ1v) is 1.51. The molecule has 1 radical (unpaired) electrons.